The normalized spacial score (nSPS) is 13.6. The van der Waals surface area contributed by atoms with Crippen molar-refractivity contribution in [2.45, 2.75) is 26.1 Å². The van der Waals surface area contributed by atoms with Crippen LogP contribution in [-0.2, 0) is 28.5 Å². The molecule has 0 aliphatic heterocycles. The van der Waals surface area contributed by atoms with E-state index in [1.807, 2.05) is 0 Å². The van der Waals surface area contributed by atoms with E-state index >= 15 is 0 Å². The first kappa shape index (κ1) is 24.2. The number of rotatable bonds is 18. The van der Waals surface area contributed by atoms with Gasteiger partial charge in [-0.1, -0.05) is 0 Å². The second-order valence-corrected chi connectivity index (χ2v) is 5.27. The summed E-state index contributed by atoms with van der Waals surface area (Å²) in [4.78, 5) is 10.7. The zero-order valence-electron chi connectivity index (χ0n) is 15.3. The van der Waals surface area contributed by atoms with Crippen LogP contribution in [0.2, 0.25) is 0 Å². The monoisotopic (exact) mass is 368 g/mol. The zero-order valence-corrected chi connectivity index (χ0v) is 15.3. The lowest BCUT2D eigenvalue weighted by Crippen LogP contribution is -2.35. The number of ether oxygens (including phenoxy) is 5. The maximum absolute atomic E-state index is 13.6. The number of hydrogen-bond donors (Lipinski definition) is 2. The van der Waals surface area contributed by atoms with Crippen molar-refractivity contribution in [1.29, 1.82) is 0 Å². The lowest BCUT2D eigenvalue weighted by molar-refractivity contribution is -0.119. The van der Waals surface area contributed by atoms with Crippen LogP contribution in [0.1, 0.15) is 13.8 Å². The van der Waals surface area contributed by atoms with Gasteiger partial charge in [0, 0.05) is 13.5 Å². The van der Waals surface area contributed by atoms with Gasteiger partial charge in [-0.2, -0.15) is 0 Å². The van der Waals surface area contributed by atoms with Gasteiger partial charge >= 0.3 is 0 Å². The predicted octanol–water partition coefficient (Wildman–Crippen LogP) is -0.109. The summed E-state index contributed by atoms with van der Waals surface area (Å²) in [6, 6.07) is 0. The molecule has 0 saturated carbocycles. The highest BCUT2D eigenvalue weighted by atomic mass is 19.1. The summed E-state index contributed by atoms with van der Waals surface area (Å²) < 4.78 is 40.0. The summed E-state index contributed by atoms with van der Waals surface area (Å²) in [5.74, 6) is -0.261. The lowest BCUT2D eigenvalue weighted by Gasteiger charge is -2.17. The smallest absolute Gasteiger partial charge is 0.216 e. The van der Waals surface area contributed by atoms with Crippen molar-refractivity contribution in [3.05, 3.63) is 0 Å². The van der Waals surface area contributed by atoms with Crippen LogP contribution in [0.15, 0.2) is 0 Å². The van der Waals surface area contributed by atoms with Crippen LogP contribution in [0.5, 0.6) is 0 Å². The van der Waals surface area contributed by atoms with Crippen molar-refractivity contribution in [3.63, 3.8) is 0 Å². The van der Waals surface area contributed by atoms with Gasteiger partial charge in [0.05, 0.1) is 72.1 Å². The van der Waals surface area contributed by atoms with Crippen LogP contribution in [0.25, 0.3) is 0 Å². The van der Waals surface area contributed by atoms with E-state index in [0.29, 0.717) is 59.4 Å². The van der Waals surface area contributed by atoms with Gasteiger partial charge in [0.1, 0.15) is 6.17 Å². The van der Waals surface area contributed by atoms with Crippen molar-refractivity contribution < 1.29 is 32.9 Å². The molecule has 0 rings (SSSR count). The Morgan fingerprint density at radius 1 is 0.920 bits per heavy atom. The van der Waals surface area contributed by atoms with Crippen molar-refractivity contribution in [3.8, 4) is 0 Å². The predicted molar refractivity (Wildman–Crippen MR) is 91.3 cm³/mol. The van der Waals surface area contributed by atoms with Gasteiger partial charge in [-0.3, -0.25) is 4.79 Å². The van der Waals surface area contributed by atoms with Crippen LogP contribution in [-0.4, -0.2) is 90.7 Å². The fourth-order valence-corrected chi connectivity index (χ4v) is 1.65. The molecule has 25 heavy (non-hydrogen) atoms. The Morgan fingerprint density at radius 3 is 1.80 bits per heavy atom. The standard InChI is InChI=1S/C16H33FN2O6/c1-14(16(17)13-19-15(2)20)25-12-11-24-10-9-23-8-7-22-6-5-21-4-3-18/h14,16H,3-13,18H2,1-2H3,(H,19,20). The van der Waals surface area contributed by atoms with Crippen LogP contribution in [0, 0.1) is 0 Å². The Morgan fingerprint density at radius 2 is 1.36 bits per heavy atom. The van der Waals surface area contributed by atoms with E-state index in [9.17, 15) is 9.18 Å². The van der Waals surface area contributed by atoms with Crippen molar-refractivity contribution in [2.24, 2.45) is 5.73 Å². The number of halogens is 1. The number of carbonyl (C=O) groups excluding carboxylic acids is 1. The Bertz CT molecular complexity index is 312. The second kappa shape index (κ2) is 18.0. The summed E-state index contributed by atoms with van der Waals surface area (Å²) in [6.07, 6.45) is -1.84. The summed E-state index contributed by atoms with van der Waals surface area (Å²) in [5.41, 5.74) is 5.28. The fourth-order valence-electron chi connectivity index (χ4n) is 1.65. The maximum atomic E-state index is 13.6. The first-order valence-electron chi connectivity index (χ1n) is 8.59. The second-order valence-electron chi connectivity index (χ2n) is 5.27. The topological polar surface area (TPSA) is 101 Å². The van der Waals surface area contributed by atoms with E-state index in [0.717, 1.165) is 0 Å². The van der Waals surface area contributed by atoms with Gasteiger partial charge < -0.3 is 34.7 Å². The summed E-state index contributed by atoms with van der Waals surface area (Å²) in [6.45, 7) is 7.54. The molecule has 0 aliphatic rings. The average Bonchev–Trinajstić information content (AvgIpc) is 2.59. The molecule has 0 aromatic heterocycles. The summed E-state index contributed by atoms with van der Waals surface area (Å²) in [5, 5.41) is 2.41. The van der Waals surface area contributed by atoms with Crippen LogP contribution >= 0.6 is 0 Å². The Hall–Kier alpha value is -0.840. The van der Waals surface area contributed by atoms with E-state index < -0.39 is 12.3 Å². The molecular formula is C16H33FN2O6. The van der Waals surface area contributed by atoms with Crippen molar-refractivity contribution >= 4 is 5.91 Å². The minimum absolute atomic E-state index is 0.0492. The number of nitrogens with two attached hydrogens (primary N) is 1. The number of nitrogens with one attached hydrogen (secondary N) is 1. The van der Waals surface area contributed by atoms with Gasteiger partial charge in [-0.15, -0.1) is 0 Å². The van der Waals surface area contributed by atoms with E-state index in [4.69, 9.17) is 29.4 Å². The number of hydrogen-bond acceptors (Lipinski definition) is 7. The molecule has 0 radical (unpaired) electrons. The molecule has 0 fully saturated rings. The molecule has 0 aromatic carbocycles. The first-order valence-corrected chi connectivity index (χ1v) is 8.59. The van der Waals surface area contributed by atoms with E-state index in [2.05, 4.69) is 5.32 Å². The molecule has 0 bridgehead atoms. The van der Waals surface area contributed by atoms with Crippen molar-refractivity contribution in [1.82, 2.24) is 5.32 Å². The molecule has 1 amide bonds. The summed E-state index contributed by atoms with van der Waals surface area (Å²) in [7, 11) is 0. The zero-order chi connectivity index (χ0) is 18.8. The molecule has 0 spiro atoms. The average molecular weight is 368 g/mol. The molecule has 9 heteroatoms. The number of amides is 1. The SMILES string of the molecule is CC(=O)NCC(F)C(C)OCCOCCOCCOCCOCCN. The molecule has 3 N–H and O–H groups in total. The van der Waals surface area contributed by atoms with Crippen LogP contribution in [0.3, 0.4) is 0 Å². The third-order valence-electron chi connectivity index (χ3n) is 3.04. The molecule has 0 aromatic rings. The highest BCUT2D eigenvalue weighted by Crippen LogP contribution is 2.02. The molecule has 0 saturated heterocycles. The van der Waals surface area contributed by atoms with Gasteiger partial charge in [-0.05, 0) is 6.92 Å². The van der Waals surface area contributed by atoms with Gasteiger partial charge in [-0.25, -0.2) is 4.39 Å². The maximum Gasteiger partial charge on any atom is 0.216 e. The van der Waals surface area contributed by atoms with Crippen LogP contribution < -0.4 is 11.1 Å². The quantitative estimate of drug-likeness (QED) is 0.326. The number of carbonyl (C=O) groups is 1. The lowest BCUT2D eigenvalue weighted by atomic mass is 10.2. The highest BCUT2D eigenvalue weighted by molar-refractivity contribution is 5.72. The minimum atomic E-state index is -1.24. The van der Waals surface area contributed by atoms with E-state index in [-0.39, 0.29) is 19.1 Å². The first-order chi connectivity index (χ1) is 12.1. The summed E-state index contributed by atoms with van der Waals surface area (Å²) >= 11 is 0. The fraction of sp³-hybridized carbons (Fsp3) is 0.938. The van der Waals surface area contributed by atoms with Gasteiger partial charge in [0.25, 0.3) is 0 Å². The van der Waals surface area contributed by atoms with E-state index in [1.54, 1.807) is 6.92 Å². The van der Waals surface area contributed by atoms with Crippen molar-refractivity contribution in [2.75, 3.05) is 72.6 Å². The van der Waals surface area contributed by atoms with Gasteiger partial charge in [0.2, 0.25) is 5.91 Å². The number of alkyl halides is 1. The third-order valence-corrected chi connectivity index (χ3v) is 3.04. The highest BCUT2D eigenvalue weighted by Gasteiger charge is 2.16. The molecular weight excluding hydrogens is 335 g/mol. The largest absolute Gasteiger partial charge is 0.378 e. The Balaban J connectivity index is 3.24. The molecule has 2 atom stereocenters. The van der Waals surface area contributed by atoms with Crippen LogP contribution in [0.4, 0.5) is 4.39 Å². The third kappa shape index (κ3) is 17.8. The molecule has 0 aliphatic carbocycles. The Kier molecular flexibility index (Phi) is 17.4. The minimum Gasteiger partial charge on any atom is -0.378 e. The molecule has 0 heterocycles. The van der Waals surface area contributed by atoms with Gasteiger partial charge in [0.15, 0.2) is 0 Å². The Labute approximate surface area is 149 Å². The van der Waals surface area contributed by atoms with E-state index in [1.165, 1.54) is 6.92 Å². The molecule has 150 valence electrons. The molecule has 2 unspecified atom stereocenters. The molecule has 8 nitrogen and oxygen atoms in total.